The zero-order chi connectivity index (χ0) is 27.8. The first-order valence-electron chi connectivity index (χ1n) is 12.9. The van der Waals surface area contributed by atoms with Crippen molar-refractivity contribution < 1.29 is 33.8 Å². The van der Waals surface area contributed by atoms with Crippen molar-refractivity contribution in [1.29, 1.82) is 0 Å². The number of nitrogens with zero attached hydrogens (tertiary/aromatic N) is 2. The SMILES string of the molecule is CC1(C)C/C=C/c2cccc3c2CN(C3)C(=O)O[C@@H]2C[C@@H](C(=O)O)N(C2)C(=O)[C@H](C(C)(C)C)NC(=O)OC1. The third-order valence-corrected chi connectivity index (χ3v) is 7.31. The predicted molar refractivity (Wildman–Crippen MR) is 139 cm³/mol. The average Bonchev–Trinajstić information content (AvgIpc) is 3.45. The number of amides is 3. The maximum Gasteiger partial charge on any atom is 0.410 e. The zero-order valence-corrected chi connectivity index (χ0v) is 22.7. The van der Waals surface area contributed by atoms with Crippen LogP contribution in [-0.2, 0) is 32.2 Å². The Morgan fingerprint density at radius 3 is 2.58 bits per heavy atom. The largest absolute Gasteiger partial charge is 0.480 e. The second kappa shape index (κ2) is 10.3. The lowest BCUT2D eigenvalue weighted by Crippen LogP contribution is -2.57. The highest BCUT2D eigenvalue weighted by atomic mass is 16.6. The molecule has 0 aromatic heterocycles. The van der Waals surface area contributed by atoms with Gasteiger partial charge < -0.3 is 24.8 Å². The van der Waals surface area contributed by atoms with E-state index in [1.54, 1.807) is 25.7 Å². The highest BCUT2D eigenvalue weighted by Gasteiger charge is 2.46. The summed E-state index contributed by atoms with van der Waals surface area (Å²) in [5.74, 6) is -1.75. The standard InChI is InChI=1S/C28H37N3O7/c1-27(2,3)22-23(32)31-14-19(12-21(31)24(33)34)38-26(36)30-13-18-9-6-8-17(20(18)15-30)10-7-11-28(4,5)16-37-25(35)29-22/h6-10,19,21-22H,11-16H2,1-5H3,(H,29,35)(H,33,34)/b10-7+/t19-,21+,22-/m1/s1. The van der Waals surface area contributed by atoms with Gasteiger partial charge in [-0.2, -0.15) is 0 Å². The molecule has 3 aliphatic heterocycles. The monoisotopic (exact) mass is 527 g/mol. The fourth-order valence-electron chi connectivity index (χ4n) is 5.11. The van der Waals surface area contributed by atoms with E-state index >= 15 is 0 Å². The van der Waals surface area contributed by atoms with E-state index in [0.29, 0.717) is 19.5 Å². The van der Waals surface area contributed by atoms with Gasteiger partial charge in [-0.15, -0.1) is 0 Å². The summed E-state index contributed by atoms with van der Waals surface area (Å²) < 4.78 is 11.2. The van der Waals surface area contributed by atoms with Crippen molar-refractivity contribution in [2.45, 2.75) is 78.7 Å². The summed E-state index contributed by atoms with van der Waals surface area (Å²) in [6.07, 6.45) is 2.57. The minimum absolute atomic E-state index is 0.0307. The molecule has 4 rings (SSSR count). The molecule has 1 aromatic carbocycles. The normalized spacial score (nSPS) is 27.0. The molecule has 38 heavy (non-hydrogen) atoms. The number of benzene rings is 1. The van der Waals surface area contributed by atoms with Gasteiger partial charge >= 0.3 is 18.2 Å². The first kappa shape index (κ1) is 27.5. The van der Waals surface area contributed by atoms with Crippen molar-refractivity contribution in [2.75, 3.05) is 13.2 Å². The Morgan fingerprint density at radius 2 is 1.89 bits per heavy atom. The van der Waals surface area contributed by atoms with Gasteiger partial charge in [0.2, 0.25) is 5.91 Å². The Bertz CT molecular complexity index is 1150. The molecule has 206 valence electrons. The summed E-state index contributed by atoms with van der Waals surface area (Å²) in [5.41, 5.74) is 1.96. The number of fused-ring (bicyclic) bond motifs is 3. The van der Waals surface area contributed by atoms with Crippen LogP contribution in [-0.4, -0.2) is 70.3 Å². The second-order valence-electron chi connectivity index (χ2n) is 12.2. The molecule has 3 heterocycles. The van der Waals surface area contributed by atoms with Crippen molar-refractivity contribution >= 4 is 30.1 Å². The summed E-state index contributed by atoms with van der Waals surface area (Å²) in [7, 11) is 0. The van der Waals surface area contributed by atoms with Crippen molar-refractivity contribution in [3.8, 4) is 0 Å². The number of cyclic esters (lactones) is 1. The highest BCUT2D eigenvalue weighted by Crippen LogP contribution is 2.31. The van der Waals surface area contributed by atoms with Crippen LogP contribution in [0.3, 0.4) is 0 Å². The van der Waals surface area contributed by atoms with E-state index in [0.717, 1.165) is 16.7 Å². The Balaban J connectivity index is 1.66. The molecule has 3 amide bonds. The van der Waals surface area contributed by atoms with Gasteiger partial charge in [-0.25, -0.2) is 14.4 Å². The summed E-state index contributed by atoms with van der Waals surface area (Å²) in [5, 5.41) is 12.5. The Morgan fingerprint density at radius 1 is 1.16 bits per heavy atom. The number of carbonyl (C=O) groups excluding carboxylic acids is 3. The lowest BCUT2D eigenvalue weighted by atomic mass is 9.85. The summed E-state index contributed by atoms with van der Waals surface area (Å²) in [6.45, 7) is 10.1. The van der Waals surface area contributed by atoms with Gasteiger partial charge in [0.25, 0.3) is 0 Å². The molecule has 1 aromatic rings. The first-order valence-corrected chi connectivity index (χ1v) is 12.9. The number of allylic oxidation sites excluding steroid dienone is 1. The molecular weight excluding hydrogens is 490 g/mol. The highest BCUT2D eigenvalue weighted by molar-refractivity contribution is 5.90. The van der Waals surface area contributed by atoms with E-state index in [9.17, 15) is 24.3 Å². The van der Waals surface area contributed by atoms with Crippen molar-refractivity contribution in [1.82, 2.24) is 15.1 Å². The molecular formula is C28H37N3O7. The number of aliphatic carboxylic acids is 1. The molecule has 0 radical (unpaired) electrons. The van der Waals surface area contributed by atoms with Crippen molar-refractivity contribution in [3.63, 3.8) is 0 Å². The topological polar surface area (TPSA) is 125 Å². The fraction of sp³-hybridized carbons (Fsp3) is 0.571. The van der Waals surface area contributed by atoms with Crippen LogP contribution in [0.1, 0.15) is 64.2 Å². The van der Waals surface area contributed by atoms with Crippen LogP contribution in [0.15, 0.2) is 24.3 Å². The smallest absolute Gasteiger partial charge is 0.410 e. The molecule has 1 fully saturated rings. The van der Waals surface area contributed by atoms with E-state index < -0.39 is 47.7 Å². The van der Waals surface area contributed by atoms with E-state index in [-0.39, 0.29) is 25.0 Å². The number of hydrogen-bond acceptors (Lipinski definition) is 6. The van der Waals surface area contributed by atoms with Gasteiger partial charge in [0, 0.05) is 18.4 Å². The number of nitrogens with one attached hydrogen (secondary N) is 1. The number of alkyl carbamates (subject to hydrolysis) is 1. The summed E-state index contributed by atoms with van der Waals surface area (Å²) in [4.78, 5) is 54.3. The van der Waals surface area contributed by atoms with Gasteiger partial charge in [0.15, 0.2) is 0 Å². The first-order chi connectivity index (χ1) is 17.7. The second-order valence-corrected chi connectivity index (χ2v) is 12.2. The average molecular weight is 528 g/mol. The van der Waals surface area contributed by atoms with Crippen LogP contribution < -0.4 is 5.32 Å². The third-order valence-electron chi connectivity index (χ3n) is 7.31. The van der Waals surface area contributed by atoms with Crippen LogP contribution in [0.4, 0.5) is 9.59 Å². The van der Waals surface area contributed by atoms with Crippen LogP contribution in [0.5, 0.6) is 0 Å². The molecule has 4 bridgehead atoms. The van der Waals surface area contributed by atoms with E-state index in [4.69, 9.17) is 9.47 Å². The molecule has 0 saturated carbocycles. The number of ether oxygens (including phenoxy) is 2. The number of rotatable bonds is 1. The van der Waals surface area contributed by atoms with Gasteiger partial charge in [0.1, 0.15) is 18.2 Å². The minimum Gasteiger partial charge on any atom is -0.480 e. The van der Waals surface area contributed by atoms with Crippen LogP contribution in [0.25, 0.3) is 6.08 Å². The van der Waals surface area contributed by atoms with Crippen molar-refractivity contribution in [2.24, 2.45) is 10.8 Å². The molecule has 10 heteroatoms. The molecule has 1 saturated heterocycles. The lowest BCUT2D eigenvalue weighted by molar-refractivity contribution is -0.150. The summed E-state index contributed by atoms with van der Waals surface area (Å²) >= 11 is 0. The van der Waals surface area contributed by atoms with Gasteiger partial charge in [-0.1, -0.05) is 65.0 Å². The maximum absolute atomic E-state index is 13.6. The van der Waals surface area contributed by atoms with Gasteiger partial charge in [-0.05, 0) is 28.5 Å². The Labute approximate surface area is 222 Å². The predicted octanol–water partition coefficient (Wildman–Crippen LogP) is 3.78. The van der Waals surface area contributed by atoms with E-state index in [1.807, 2.05) is 44.2 Å². The molecule has 0 spiro atoms. The molecule has 10 nitrogen and oxygen atoms in total. The molecule has 0 unspecified atom stereocenters. The van der Waals surface area contributed by atoms with E-state index in [1.165, 1.54) is 4.90 Å². The van der Waals surface area contributed by atoms with E-state index in [2.05, 4.69) is 5.32 Å². The number of carboxylic acids is 1. The maximum atomic E-state index is 13.6. The number of carboxylic acid groups (broad SMARTS) is 1. The fourth-order valence-corrected chi connectivity index (χ4v) is 5.11. The number of carbonyl (C=O) groups is 4. The zero-order valence-electron chi connectivity index (χ0n) is 22.7. The van der Waals surface area contributed by atoms with Crippen LogP contribution >= 0.6 is 0 Å². The van der Waals surface area contributed by atoms with Crippen molar-refractivity contribution in [3.05, 3.63) is 41.0 Å². The molecule has 3 atom stereocenters. The third kappa shape index (κ3) is 5.95. The lowest BCUT2D eigenvalue weighted by Gasteiger charge is -2.34. The van der Waals surface area contributed by atoms with Gasteiger partial charge in [-0.3, -0.25) is 9.69 Å². The minimum atomic E-state index is -1.19. The molecule has 3 aliphatic rings. The van der Waals surface area contributed by atoms with Crippen LogP contribution in [0.2, 0.25) is 0 Å². The quantitative estimate of drug-likeness (QED) is 0.569. The Kier molecular flexibility index (Phi) is 7.45. The van der Waals surface area contributed by atoms with Crippen LogP contribution in [0, 0.1) is 10.8 Å². The Hall–Kier alpha value is -3.56. The van der Waals surface area contributed by atoms with Gasteiger partial charge in [0.05, 0.1) is 19.7 Å². The molecule has 0 aliphatic carbocycles. The summed E-state index contributed by atoms with van der Waals surface area (Å²) in [6, 6.07) is 3.70. The molecule has 2 N–H and O–H groups in total. The number of hydrogen-bond donors (Lipinski definition) is 2.